The predicted molar refractivity (Wildman–Crippen MR) is 68.3 cm³/mol. The first-order chi connectivity index (χ1) is 8.60. The molecular weight excluding hydrogens is 230 g/mol. The Hall–Kier alpha value is -2.09. The van der Waals surface area contributed by atoms with Gasteiger partial charge in [0, 0.05) is 24.5 Å². The van der Waals surface area contributed by atoms with Gasteiger partial charge in [-0.15, -0.1) is 0 Å². The lowest BCUT2D eigenvalue weighted by molar-refractivity contribution is 0.0594. The maximum absolute atomic E-state index is 11.4. The number of carbonyl (C=O) groups excluding carboxylic acids is 1. The highest BCUT2D eigenvalue weighted by molar-refractivity contribution is 5.88. The van der Waals surface area contributed by atoms with Crippen LogP contribution in [0, 0.1) is 11.3 Å². The van der Waals surface area contributed by atoms with E-state index in [0.717, 1.165) is 5.69 Å². The number of anilines is 1. The summed E-state index contributed by atoms with van der Waals surface area (Å²) in [5, 5.41) is 8.66. The van der Waals surface area contributed by atoms with Crippen LogP contribution in [0.15, 0.2) is 18.3 Å². The Morgan fingerprint density at radius 3 is 2.89 bits per heavy atom. The number of carbonyl (C=O) groups is 1. The summed E-state index contributed by atoms with van der Waals surface area (Å²) in [6.45, 7) is 4.70. The van der Waals surface area contributed by atoms with Gasteiger partial charge in [0.05, 0.1) is 19.6 Å². The van der Waals surface area contributed by atoms with Crippen LogP contribution in [0.3, 0.4) is 0 Å². The standard InChI is InChI=1S/C13H17N3O2/c1-10(2)16(8-4-6-14)11-5-7-15-12(9-11)13(17)18-3/h5,7,9-10H,4,8H2,1-3H3. The third-order valence-electron chi connectivity index (χ3n) is 2.56. The van der Waals surface area contributed by atoms with Gasteiger partial charge < -0.3 is 9.64 Å². The Morgan fingerprint density at radius 1 is 1.61 bits per heavy atom. The average molecular weight is 247 g/mol. The van der Waals surface area contributed by atoms with Gasteiger partial charge in [0.25, 0.3) is 0 Å². The molecular formula is C13H17N3O2. The van der Waals surface area contributed by atoms with Crippen LogP contribution in [-0.4, -0.2) is 30.6 Å². The number of nitrogens with zero attached hydrogens (tertiary/aromatic N) is 3. The molecule has 0 unspecified atom stereocenters. The van der Waals surface area contributed by atoms with Gasteiger partial charge in [-0.2, -0.15) is 5.26 Å². The molecule has 0 atom stereocenters. The van der Waals surface area contributed by atoms with Crippen molar-refractivity contribution >= 4 is 11.7 Å². The Balaban J connectivity index is 2.98. The van der Waals surface area contributed by atoms with E-state index in [2.05, 4.69) is 20.7 Å². The molecule has 0 saturated carbocycles. The molecule has 1 heterocycles. The second kappa shape index (κ2) is 6.60. The van der Waals surface area contributed by atoms with E-state index < -0.39 is 5.97 Å². The van der Waals surface area contributed by atoms with Crippen LogP contribution in [0.25, 0.3) is 0 Å². The summed E-state index contributed by atoms with van der Waals surface area (Å²) in [5.74, 6) is -0.458. The maximum Gasteiger partial charge on any atom is 0.356 e. The minimum Gasteiger partial charge on any atom is -0.464 e. The van der Waals surface area contributed by atoms with Crippen molar-refractivity contribution in [1.82, 2.24) is 4.98 Å². The number of ether oxygens (including phenoxy) is 1. The van der Waals surface area contributed by atoms with E-state index >= 15 is 0 Å². The molecule has 0 radical (unpaired) electrons. The van der Waals surface area contributed by atoms with Gasteiger partial charge in [0.15, 0.2) is 0 Å². The Kier molecular flexibility index (Phi) is 5.12. The van der Waals surface area contributed by atoms with E-state index in [1.165, 1.54) is 7.11 Å². The topological polar surface area (TPSA) is 66.2 Å². The van der Waals surface area contributed by atoms with Crippen LogP contribution in [0.1, 0.15) is 30.8 Å². The predicted octanol–water partition coefficient (Wildman–Crippen LogP) is 2.00. The van der Waals surface area contributed by atoms with Crippen molar-refractivity contribution < 1.29 is 9.53 Å². The smallest absolute Gasteiger partial charge is 0.356 e. The van der Waals surface area contributed by atoms with Crippen LogP contribution in [-0.2, 0) is 4.74 Å². The zero-order valence-corrected chi connectivity index (χ0v) is 10.9. The molecule has 5 heteroatoms. The summed E-state index contributed by atoms with van der Waals surface area (Å²) >= 11 is 0. The van der Waals surface area contributed by atoms with E-state index in [4.69, 9.17) is 5.26 Å². The van der Waals surface area contributed by atoms with Crippen molar-refractivity contribution in [2.45, 2.75) is 26.3 Å². The van der Waals surface area contributed by atoms with Crippen LogP contribution in [0.2, 0.25) is 0 Å². The molecule has 0 aliphatic heterocycles. The number of rotatable bonds is 5. The molecule has 18 heavy (non-hydrogen) atoms. The molecule has 96 valence electrons. The highest BCUT2D eigenvalue weighted by atomic mass is 16.5. The molecule has 1 rings (SSSR count). The van der Waals surface area contributed by atoms with E-state index in [1.54, 1.807) is 12.3 Å². The molecule has 0 aliphatic rings. The van der Waals surface area contributed by atoms with Crippen molar-refractivity contribution in [3.05, 3.63) is 24.0 Å². The zero-order valence-electron chi connectivity index (χ0n) is 10.9. The highest BCUT2D eigenvalue weighted by Crippen LogP contribution is 2.18. The average Bonchev–Trinajstić information content (AvgIpc) is 2.38. The SMILES string of the molecule is COC(=O)c1cc(N(CCC#N)C(C)C)ccn1. The Morgan fingerprint density at radius 2 is 2.33 bits per heavy atom. The largest absolute Gasteiger partial charge is 0.464 e. The Bertz CT molecular complexity index is 452. The summed E-state index contributed by atoms with van der Waals surface area (Å²) in [7, 11) is 1.33. The van der Waals surface area contributed by atoms with Crippen molar-refractivity contribution in [2.24, 2.45) is 0 Å². The maximum atomic E-state index is 11.4. The van der Waals surface area contributed by atoms with Crippen molar-refractivity contribution in [2.75, 3.05) is 18.6 Å². The molecule has 0 spiro atoms. The molecule has 0 N–H and O–H groups in total. The van der Waals surface area contributed by atoms with Gasteiger partial charge in [-0.3, -0.25) is 0 Å². The van der Waals surface area contributed by atoms with Crippen LogP contribution in [0.5, 0.6) is 0 Å². The van der Waals surface area contributed by atoms with Crippen molar-refractivity contribution in [3.8, 4) is 6.07 Å². The van der Waals surface area contributed by atoms with Crippen LogP contribution in [0.4, 0.5) is 5.69 Å². The molecule has 0 saturated heterocycles. The first-order valence-corrected chi connectivity index (χ1v) is 5.78. The number of esters is 1. The van der Waals surface area contributed by atoms with E-state index in [9.17, 15) is 4.79 Å². The van der Waals surface area contributed by atoms with E-state index in [0.29, 0.717) is 13.0 Å². The summed E-state index contributed by atoms with van der Waals surface area (Å²) in [6, 6.07) is 5.87. The second-order valence-electron chi connectivity index (χ2n) is 4.09. The zero-order chi connectivity index (χ0) is 13.5. The van der Waals surface area contributed by atoms with Gasteiger partial charge in [0.1, 0.15) is 5.69 Å². The first kappa shape index (κ1) is 14.0. The van der Waals surface area contributed by atoms with Crippen molar-refractivity contribution in [1.29, 1.82) is 5.26 Å². The molecule has 0 amide bonds. The molecule has 0 bridgehead atoms. The lowest BCUT2D eigenvalue weighted by Gasteiger charge is -2.28. The number of pyridine rings is 1. The molecule has 0 fully saturated rings. The van der Waals surface area contributed by atoms with Gasteiger partial charge in [-0.25, -0.2) is 9.78 Å². The second-order valence-corrected chi connectivity index (χ2v) is 4.09. The summed E-state index contributed by atoms with van der Waals surface area (Å²) in [4.78, 5) is 17.4. The van der Waals surface area contributed by atoms with E-state index in [1.807, 2.05) is 19.9 Å². The molecule has 1 aromatic rings. The van der Waals surface area contributed by atoms with Gasteiger partial charge in [-0.05, 0) is 26.0 Å². The van der Waals surface area contributed by atoms with Crippen LogP contribution < -0.4 is 4.90 Å². The third-order valence-corrected chi connectivity index (χ3v) is 2.56. The van der Waals surface area contributed by atoms with Crippen molar-refractivity contribution in [3.63, 3.8) is 0 Å². The lowest BCUT2D eigenvalue weighted by atomic mass is 10.2. The number of hydrogen-bond donors (Lipinski definition) is 0. The van der Waals surface area contributed by atoms with Gasteiger partial charge >= 0.3 is 5.97 Å². The number of nitriles is 1. The molecule has 0 aliphatic carbocycles. The summed E-state index contributed by atoms with van der Waals surface area (Å²) in [6.07, 6.45) is 2.01. The monoisotopic (exact) mass is 247 g/mol. The third kappa shape index (κ3) is 3.45. The minimum absolute atomic E-state index is 0.242. The fraction of sp³-hybridized carbons (Fsp3) is 0.462. The molecule has 5 nitrogen and oxygen atoms in total. The number of aromatic nitrogens is 1. The van der Waals surface area contributed by atoms with Crippen LogP contribution >= 0.6 is 0 Å². The molecule has 1 aromatic heterocycles. The summed E-state index contributed by atoms with van der Waals surface area (Å²) < 4.78 is 4.64. The van der Waals surface area contributed by atoms with E-state index in [-0.39, 0.29) is 11.7 Å². The summed E-state index contributed by atoms with van der Waals surface area (Å²) in [5.41, 5.74) is 1.15. The number of methoxy groups -OCH3 is 1. The quantitative estimate of drug-likeness (QED) is 0.744. The van der Waals surface area contributed by atoms with Gasteiger partial charge in [-0.1, -0.05) is 0 Å². The normalized spacial score (nSPS) is 9.94. The Labute approximate surface area is 107 Å². The van der Waals surface area contributed by atoms with Gasteiger partial charge in [0.2, 0.25) is 0 Å². The number of hydrogen-bond acceptors (Lipinski definition) is 5. The highest BCUT2D eigenvalue weighted by Gasteiger charge is 2.13. The molecule has 0 aromatic carbocycles. The fourth-order valence-electron chi connectivity index (χ4n) is 1.67. The lowest BCUT2D eigenvalue weighted by Crippen LogP contribution is -2.31. The minimum atomic E-state index is -0.458. The fourth-order valence-corrected chi connectivity index (χ4v) is 1.67. The first-order valence-electron chi connectivity index (χ1n) is 5.78.